The van der Waals surface area contributed by atoms with E-state index >= 15 is 0 Å². The molecule has 2 heterocycles. The van der Waals surface area contributed by atoms with Crippen molar-refractivity contribution in [3.63, 3.8) is 0 Å². The van der Waals surface area contributed by atoms with Crippen molar-refractivity contribution in [3.05, 3.63) is 59.2 Å². The fourth-order valence-electron chi connectivity index (χ4n) is 3.33. The number of carbonyl (C=O) groups excluding carboxylic acids is 1. The molecule has 1 unspecified atom stereocenters. The molecule has 1 fully saturated rings. The Hall–Kier alpha value is -2.09. The van der Waals surface area contributed by atoms with Crippen molar-refractivity contribution in [2.24, 2.45) is 0 Å². The maximum Gasteiger partial charge on any atom is 0.260 e. The number of amides is 1. The number of hydrogen-bond acceptors (Lipinski definition) is 5. The number of anilines is 1. The molecule has 1 amide bonds. The van der Waals surface area contributed by atoms with E-state index in [0.717, 1.165) is 11.6 Å². The number of benzene rings is 1. The predicted molar refractivity (Wildman–Crippen MR) is 119 cm³/mol. The van der Waals surface area contributed by atoms with Gasteiger partial charge in [0.05, 0.1) is 16.3 Å². The van der Waals surface area contributed by atoms with Gasteiger partial charge in [-0.25, -0.2) is 0 Å². The number of carbonyl (C=O) groups is 1. The average Bonchev–Trinajstić information content (AvgIpc) is 3.05. The standard InChI is InChI=1S/C21H25N3O2S2/c1-4-22-16-12-8-9-13-17(16)28-18(22)14-10-7-11-15-19(25)23(5-2)21(27)24(6-3)20(15)26/h7-14,19,25H,4-6H2,1-3H3/b10-7+,15-11-,18-14-. The summed E-state index contributed by atoms with van der Waals surface area (Å²) >= 11 is 7.06. The highest BCUT2D eigenvalue weighted by molar-refractivity contribution is 8.03. The Bertz CT molecular complexity index is 863. The number of aliphatic hydroxyl groups is 1. The second-order valence-electron chi connectivity index (χ2n) is 6.32. The maximum absolute atomic E-state index is 12.7. The van der Waals surface area contributed by atoms with Crippen LogP contribution in [-0.2, 0) is 4.79 Å². The summed E-state index contributed by atoms with van der Waals surface area (Å²) in [6, 6.07) is 8.33. The number of para-hydroxylation sites is 1. The van der Waals surface area contributed by atoms with Crippen LogP contribution < -0.4 is 4.90 Å². The molecule has 7 heteroatoms. The van der Waals surface area contributed by atoms with Crippen LogP contribution in [-0.4, -0.2) is 51.8 Å². The van der Waals surface area contributed by atoms with Crippen LogP contribution in [0.3, 0.4) is 0 Å². The Balaban J connectivity index is 1.81. The lowest BCUT2D eigenvalue weighted by atomic mass is 10.1. The summed E-state index contributed by atoms with van der Waals surface area (Å²) < 4.78 is 0. The van der Waals surface area contributed by atoms with Crippen LogP contribution in [0.1, 0.15) is 20.8 Å². The number of allylic oxidation sites excluding steroid dienone is 4. The van der Waals surface area contributed by atoms with Crippen molar-refractivity contribution < 1.29 is 9.90 Å². The minimum atomic E-state index is -1.01. The molecule has 3 rings (SSSR count). The van der Waals surface area contributed by atoms with E-state index in [1.165, 1.54) is 15.5 Å². The minimum absolute atomic E-state index is 0.236. The number of thioether (sulfide) groups is 1. The van der Waals surface area contributed by atoms with Gasteiger partial charge in [-0.2, -0.15) is 0 Å². The van der Waals surface area contributed by atoms with E-state index in [4.69, 9.17) is 12.2 Å². The lowest BCUT2D eigenvalue weighted by Gasteiger charge is -2.40. The zero-order chi connectivity index (χ0) is 20.3. The third kappa shape index (κ3) is 3.74. The van der Waals surface area contributed by atoms with Crippen molar-refractivity contribution in [3.8, 4) is 0 Å². The maximum atomic E-state index is 12.7. The Morgan fingerprint density at radius 1 is 1.07 bits per heavy atom. The van der Waals surface area contributed by atoms with Crippen LogP contribution in [0.4, 0.5) is 5.69 Å². The largest absolute Gasteiger partial charge is 0.369 e. The zero-order valence-corrected chi connectivity index (χ0v) is 18.0. The number of thiocarbonyl (C=S) groups is 1. The fourth-order valence-corrected chi connectivity index (χ4v) is 4.91. The summed E-state index contributed by atoms with van der Waals surface area (Å²) in [4.78, 5) is 19.3. The second-order valence-corrected chi connectivity index (χ2v) is 7.74. The van der Waals surface area contributed by atoms with E-state index in [0.29, 0.717) is 23.8 Å². The highest BCUT2D eigenvalue weighted by Crippen LogP contribution is 2.45. The van der Waals surface area contributed by atoms with Gasteiger partial charge in [-0.15, -0.1) is 0 Å². The molecular weight excluding hydrogens is 390 g/mol. The topological polar surface area (TPSA) is 47.0 Å². The van der Waals surface area contributed by atoms with Gasteiger partial charge in [-0.1, -0.05) is 36.0 Å². The number of rotatable bonds is 5. The molecule has 0 saturated carbocycles. The summed E-state index contributed by atoms with van der Waals surface area (Å²) in [5, 5.41) is 12.1. The molecule has 1 aromatic carbocycles. The molecule has 2 aliphatic heterocycles. The monoisotopic (exact) mass is 415 g/mol. The SMILES string of the molecule is CCN1C(=O)\C(=C/C=C/C=C2\Sc3ccccc3N2CC)C(O)N(CC)C1=S. The molecule has 0 spiro atoms. The van der Waals surface area contributed by atoms with Crippen molar-refractivity contribution in [1.29, 1.82) is 0 Å². The first kappa shape index (κ1) is 20.6. The van der Waals surface area contributed by atoms with Crippen molar-refractivity contribution in [1.82, 2.24) is 9.80 Å². The summed E-state index contributed by atoms with van der Waals surface area (Å²) in [7, 11) is 0. The highest BCUT2D eigenvalue weighted by Gasteiger charge is 2.37. The summed E-state index contributed by atoms with van der Waals surface area (Å²) in [5.74, 6) is -0.236. The van der Waals surface area contributed by atoms with Crippen LogP contribution in [0.5, 0.6) is 0 Å². The van der Waals surface area contributed by atoms with E-state index < -0.39 is 6.23 Å². The van der Waals surface area contributed by atoms with Crippen molar-refractivity contribution >= 4 is 40.7 Å². The average molecular weight is 416 g/mol. The molecule has 1 saturated heterocycles. The first-order valence-corrected chi connectivity index (χ1v) is 10.7. The van der Waals surface area contributed by atoms with Gasteiger partial charge in [0, 0.05) is 24.5 Å². The fraction of sp³-hybridized carbons (Fsp3) is 0.333. The number of likely N-dealkylation sites (N-methyl/N-ethyl adjacent to an activating group) is 2. The van der Waals surface area contributed by atoms with Gasteiger partial charge in [0.2, 0.25) is 0 Å². The molecular formula is C21H25N3O2S2. The molecule has 0 aromatic heterocycles. The number of fused-ring (bicyclic) bond motifs is 1. The third-order valence-corrected chi connectivity index (χ3v) is 6.36. The van der Waals surface area contributed by atoms with E-state index in [1.807, 2.05) is 38.1 Å². The molecule has 1 atom stereocenters. The molecule has 0 bridgehead atoms. The summed E-state index contributed by atoms with van der Waals surface area (Å²) in [6.07, 6.45) is 6.41. The van der Waals surface area contributed by atoms with Gasteiger partial charge in [0.15, 0.2) is 11.3 Å². The van der Waals surface area contributed by atoms with Crippen LogP contribution in [0.15, 0.2) is 64.1 Å². The van der Waals surface area contributed by atoms with E-state index in [1.54, 1.807) is 28.8 Å². The molecule has 0 radical (unpaired) electrons. The highest BCUT2D eigenvalue weighted by atomic mass is 32.2. The van der Waals surface area contributed by atoms with Gasteiger partial charge in [0.25, 0.3) is 5.91 Å². The minimum Gasteiger partial charge on any atom is -0.369 e. The lowest BCUT2D eigenvalue weighted by Crippen LogP contribution is -2.57. The normalized spacial score (nSPS) is 22.9. The zero-order valence-electron chi connectivity index (χ0n) is 16.3. The van der Waals surface area contributed by atoms with Crippen molar-refractivity contribution in [2.45, 2.75) is 31.9 Å². The van der Waals surface area contributed by atoms with E-state index in [-0.39, 0.29) is 5.91 Å². The quantitative estimate of drug-likeness (QED) is 0.584. The van der Waals surface area contributed by atoms with Gasteiger partial charge in [-0.05, 0) is 57.3 Å². The smallest absolute Gasteiger partial charge is 0.260 e. The number of aliphatic hydroxyl groups excluding tert-OH is 1. The Kier molecular flexibility index (Phi) is 6.59. The van der Waals surface area contributed by atoms with Gasteiger partial charge in [0.1, 0.15) is 0 Å². The Morgan fingerprint density at radius 3 is 2.43 bits per heavy atom. The first-order chi connectivity index (χ1) is 13.5. The molecule has 1 aromatic rings. The first-order valence-electron chi connectivity index (χ1n) is 9.46. The lowest BCUT2D eigenvalue weighted by molar-refractivity contribution is -0.128. The van der Waals surface area contributed by atoms with Gasteiger partial charge in [-0.3, -0.25) is 9.69 Å². The second kappa shape index (κ2) is 8.94. The summed E-state index contributed by atoms with van der Waals surface area (Å²) in [6.45, 7) is 7.81. The van der Waals surface area contributed by atoms with E-state index in [2.05, 4.69) is 24.0 Å². The Morgan fingerprint density at radius 2 is 1.75 bits per heavy atom. The van der Waals surface area contributed by atoms with Crippen LogP contribution in [0.25, 0.3) is 0 Å². The van der Waals surface area contributed by atoms with Crippen LogP contribution in [0, 0.1) is 0 Å². The molecule has 1 N–H and O–H groups in total. The van der Waals surface area contributed by atoms with Crippen molar-refractivity contribution in [2.75, 3.05) is 24.5 Å². The van der Waals surface area contributed by atoms with Crippen LogP contribution in [0.2, 0.25) is 0 Å². The summed E-state index contributed by atoms with van der Waals surface area (Å²) in [5.41, 5.74) is 1.55. The third-order valence-electron chi connectivity index (χ3n) is 4.78. The molecule has 148 valence electrons. The molecule has 0 aliphatic carbocycles. The molecule has 28 heavy (non-hydrogen) atoms. The Labute approximate surface area is 176 Å². The van der Waals surface area contributed by atoms with E-state index in [9.17, 15) is 9.90 Å². The number of nitrogens with zero attached hydrogens (tertiary/aromatic N) is 3. The number of hydrogen-bond donors (Lipinski definition) is 1. The van der Waals surface area contributed by atoms with Gasteiger partial charge < -0.3 is 14.9 Å². The molecule has 5 nitrogen and oxygen atoms in total. The van der Waals surface area contributed by atoms with Gasteiger partial charge >= 0.3 is 0 Å². The predicted octanol–water partition coefficient (Wildman–Crippen LogP) is 3.73. The molecule has 2 aliphatic rings. The van der Waals surface area contributed by atoms with Crippen LogP contribution >= 0.6 is 24.0 Å².